The maximum Gasteiger partial charge on any atom is 0.313 e. The van der Waals surface area contributed by atoms with Crippen LogP contribution in [0.3, 0.4) is 0 Å². The molecule has 0 aliphatic carbocycles. The second-order valence-corrected chi connectivity index (χ2v) is 4.29. The smallest absolute Gasteiger partial charge is 0.313 e. The van der Waals surface area contributed by atoms with Crippen LogP contribution >= 0.6 is 15.9 Å². The Balaban J connectivity index is 2.61. The predicted octanol–water partition coefficient (Wildman–Crippen LogP) is 0.749. The Morgan fingerprint density at radius 2 is 2.25 bits per heavy atom. The van der Waals surface area contributed by atoms with Crippen LogP contribution in [0.5, 0.6) is 0 Å². The third kappa shape index (κ3) is 1.15. The number of nitrogens with zero attached hydrogens (tertiary/aromatic N) is 3. The molecule has 2 aromatic heterocycles. The fraction of sp³-hybridized carbons (Fsp3) is 0. The number of hydrogen-bond acceptors (Lipinski definition) is 4. The lowest BCUT2D eigenvalue weighted by Crippen LogP contribution is -2.30. The van der Waals surface area contributed by atoms with Crippen LogP contribution in [-0.2, 0) is 0 Å². The average molecular weight is 280 g/mol. The minimum absolute atomic E-state index is 0.366. The number of hydrogen-bond donors (Lipinski definition) is 2. The Morgan fingerprint density at radius 1 is 1.44 bits per heavy atom. The van der Waals surface area contributed by atoms with E-state index in [1.165, 1.54) is 0 Å². The highest BCUT2D eigenvalue weighted by molar-refractivity contribution is 9.10. The molecule has 80 valence electrons. The predicted molar refractivity (Wildman–Crippen MR) is 63.5 cm³/mol. The van der Waals surface area contributed by atoms with Gasteiger partial charge in [-0.05, 0) is 23.4 Å². The number of H-pyrrole nitrogens is 1. The molecule has 0 fully saturated rings. The molecule has 7 heteroatoms. The van der Waals surface area contributed by atoms with E-state index in [4.69, 9.17) is 5.84 Å². The van der Waals surface area contributed by atoms with E-state index in [1.54, 1.807) is 0 Å². The molecule has 0 saturated heterocycles. The second-order valence-electron chi connectivity index (χ2n) is 3.38. The second kappa shape index (κ2) is 3.05. The number of nitrogen functional groups attached to an aromatic ring is 1. The van der Waals surface area contributed by atoms with Gasteiger partial charge in [0.15, 0.2) is 0 Å². The zero-order valence-electron chi connectivity index (χ0n) is 7.94. The molecule has 0 amide bonds. The summed E-state index contributed by atoms with van der Waals surface area (Å²) in [4.78, 5) is 15.4. The zero-order chi connectivity index (χ0) is 11.3. The Morgan fingerprint density at radius 3 is 3.06 bits per heavy atom. The van der Waals surface area contributed by atoms with Crippen molar-refractivity contribution in [1.29, 1.82) is 0 Å². The summed E-state index contributed by atoms with van der Waals surface area (Å²) in [7, 11) is 0. The molecule has 3 aromatic rings. The summed E-state index contributed by atoms with van der Waals surface area (Å²) >= 11 is 3.37. The normalized spacial score (nSPS) is 11.3. The molecule has 2 heterocycles. The zero-order valence-corrected chi connectivity index (χ0v) is 9.52. The highest BCUT2D eigenvalue weighted by Crippen LogP contribution is 2.24. The summed E-state index contributed by atoms with van der Waals surface area (Å²) in [5.41, 5.74) is 1.33. The molecule has 6 nitrogen and oxygen atoms in total. The van der Waals surface area contributed by atoms with Gasteiger partial charge in [-0.3, -0.25) is 4.79 Å². The van der Waals surface area contributed by atoms with Gasteiger partial charge in [-0.1, -0.05) is 15.9 Å². The van der Waals surface area contributed by atoms with Crippen molar-refractivity contribution >= 4 is 37.9 Å². The first-order valence-electron chi connectivity index (χ1n) is 4.49. The van der Waals surface area contributed by atoms with Gasteiger partial charge in [0, 0.05) is 15.4 Å². The fourth-order valence-corrected chi connectivity index (χ4v) is 2.02. The van der Waals surface area contributed by atoms with Crippen LogP contribution in [0, 0.1) is 0 Å². The van der Waals surface area contributed by atoms with Crippen molar-refractivity contribution in [2.75, 3.05) is 5.84 Å². The summed E-state index contributed by atoms with van der Waals surface area (Å²) in [5.74, 6) is 5.34. The van der Waals surface area contributed by atoms with Crippen molar-refractivity contribution in [3.8, 4) is 0 Å². The quantitative estimate of drug-likeness (QED) is 0.594. The molecular formula is C9H6BrN5O. The van der Waals surface area contributed by atoms with Crippen LogP contribution in [-0.4, -0.2) is 20.1 Å². The van der Waals surface area contributed by atoms with Crippen LogP contribution in [0.25, 0.3) is 21.9 Å². The lowest BCUT2D eigenvalue weighted by molar-refractivity contribution is 0.702. The minimum Gasteiger partial charge on any atom is -0.348 e. The Kier molecular flexibility index (Phi) is 1.78. The van der Waals surface area contributed by atoms with Crippen LogP contribution in [0.1, 0.15) is 0 Å². The van der Waals surface area contributed by atoms with E-state index >= 15 is 0 Å². The monoisotopic (exact) mass is 279 g/mol. The van der Waals surface area contributed by atoms with E-state index in [2.05, 4.69) is 31.2 Å². The molecule has 0 spiro atoms. The SMILES string of the molecule is Nn1nnc2c([nH]c3ccc(Br)cc32)c1=O. The van der Waals surface area contributed by atoms with E-state index in [9.17, 15) is 4.79 Å². The molecule has 0 radical (unpaired) electrons. The third-order valence-electron chi connectivity index (χ3n) is 2.40. The van der Waals surface area contributed by atoms with E-state index in [0.717, 1.165) is 15.4 Å². The van der Waals surface area contributed by atoms with Crippen LogP contribution < -0.4 is 11.4 Å². The molecule has 0 aliphatic rings. The molecule has 3 N–H and O–H groups in total. The largest absolute Gasteiger partial charge is 0.348 e. The maximum absolute atomic E-state index is 11.7. The average Bonchev–Trinajstić information content (AvgIpc) is 2.62. The van der Waals surface area contributed by atoms with Crippen molar-refractivity contribution in [1.82, 2.24) is 20.1 Å². The van der Waals surface area contributed by atoms with Gasteiger partial charge in [0.2, 0.25) is 0 Å². The van der Waals surface area contributed by atoms with Gasteiger partial charge in [-0.25, -0.2) is 0 Å². The highest BCUT2D eigenvalue weighted by atomic mass is 79.9. The van der Waals surface area contributed by atoms with Gasteiger partial charge >= 0.3 is 5.56 Å². The van der Waals surface area contributed by atoms with E-state index in [1.807, 2.05) is 18.2 Å². The Labute approximate surface area is 97.1 Å². The number of nitrogens with two attached hydrogens (primary N) is 1. The van der Waals surface area contributed by atoms with Crippen molar-refractivity contribution in [3.63, 3.8) is 0 Å². The number of aromatic nitrogens is 4. The van der Waals surface area contributed by atoms with Crippen molar-refractivity contribution in [2.45, 2.75) is 0 Å². The Hall–Kier alpha value is -1.89. The van der Waals surface area contributed by atoms with Crippen LogP contribution in [0.4, 0.5) is 0 Å². The fourth-order valence-electron chi connectivity index (χ4n) is 1.66. The van der Waals surface area contributed by atoms with Crippen molar-refractivity contribution in [2.24, 2.45) is 0 Å². The summed E-state index contributed by atoms with van der Waals surface area (Å²) in [6.07, 6.45) is 0. The summed E-state index contributed by atoms with van der Waals surface area (Å²) in [5, 5.41) is 8.30. The van der Waals surface area contributed by atoms with Crippen LogP contribution in [0.2, 0.25) is 0 Å². The van der Waals surface area contributed by atoms with Gasteiger partial charge in [0.05, 0.1) is 0 Å². The Bertz CT molecular complexity index is 760. The lowest BCUT2D eigenvalue weighted by atomic mass is 10.2. The van der Waals surface area contributed by atoms with Crippen molar-refractivity contribution in [3.05, 3.63) is 33.0 Å². The highest BCUT2D eigenvalue weighted by Gasteiger charge is 2.10. The standard InChI is InChI=1S/C9H6BrN5O/c10-4-1-2-6-5(3-4)7-8(12-6)9(16)15(11)14-13-7/h1-3,12H,11H2. The topological polar surface area (TPSA) is 89.6 Å². The first-order chi connectivity index (χ1) is 7.66. The summed E-state index contributed by atoms with van der Waals surface area (Å²) in [6.45, 7) is 0. The number of aromatic amines is 1. The number of nitrogens with one attached hydrogen (secondary N) is 1. The van der Waals surface area contributed by atoms with Crippen LogP contribution in [0.15, 0.2) is 27.5 Å². The summed E-state index contributed by atoms with van der Waals surface area (Å²) < 4.78 is 0.916. The number of rotatable bonds is 0. The molecule has 0 atom stereocenters. The molecule has 0 aliphatic heterocycles. The number of benzene rings is 1. The van der Waals surface area contributed by atoms with E-state index < -0.39 is 5.56 Å². The molecule has 0 unspecified atom stereocenters. The molecular weight excluding hydrogens is 274 g/mol. The minimum atomic E-state index is -0.391. The first kappa shape index (κ1) is 9.34. The number of fused-ring (bicyclic) bond motifs is 3. The van der Waals surface area contributed by atoms with Gasteiger partial charge in [0.25, 0.3) is 0 Å². The number of halogens is 1. The molecule has 3 rings (SSSR count). The van der Waals surface area contributed by atoms with E-state index in [0.29, 0.717) is 15.8 Å². The van der Waals surface area contributed by atoms with Gasteiger partial charge in [-0.15, -0.1) is 9.89 Å². The third-order valence-corrected chi connectivity index (χ3v) is 2.89. The molecule has 0 bridgehead atoms. The maximum atomic E-state index is 11.7. The molecule has 0 saturated carbocycles. The van der Waals surface area contributed by atoms with E-state index in [-0.39, 0.29) is 0 Å². The summed E-state index contributed by atoms with van der Waals surface area (Å²) in [6, 6.07) is 5.62. The lowest BCUT2D eigenvalue weighted by Gasteiger charge is -1.93. The van der Waals surface area contributed by atoms with Gasteiger partial charge in [0.1, 0.15) is 11.0 Å². The first-order valence-corrected chi connectivity index (χ1v) is 5.28. The molecule has 16 heavy (non-hydrogen) atoms. The molecule has 1 aromatic carbocycles. The van der Waals surface area contributed by atoms with Gasteiger partial charge < -0.3 is 10.8 Å². The van der Waals surface area contributed by atoms with Gasteiger partial charge in [-0.2, -0.15) is 0 Å². The van der Waals surface area contributed by atoms with Crippen molar-refractivity contribution < 1.29 is 0 Å².